The van der Waals surface area contributed by atoms with Gasteiger partial charge in [-0.25, -0.2) is 22.9 Å². The fourth-order valence-corrected chi connectivity index (χ4v) is 8.84. The molecule has 302 valence electrons. The second-order valence-electron chi connectivity index (χ2n) is 14.7. The van der Waals surface area contributed by atoms with Crippen molar-refractivity contribution in [3.8, 4) is 0 Å². The number of sulfonamides is 1. The lowest BCUT2D eigenvalue weighted by Gasteiger charge is -2.21. The Bertz CT molecular complexity index is 2560. The molecule has 57 heavy (non-hydrogen) atoms. The first-order valence-corrected chi connectivity index (χ1v) is 20.8. The number of carbonyl (C=O) groups excluding carboxylic acids is 2. The maximum atomic E-state index is 13.0. The summed E-state index contributed by atoms with van der Waals surface area (Å²) in [6, 6.07) is 11.5. The highest BCUT2D eigenvalue weighted by Gasteiger charge is 2.31. The van der Waals surface area contributed by atoms with Gasteiger partial charge in [0, 0.05) is 56.0 Å². The monoisotopic (exact) mass is 800 g/mol. The Balaban J connectivity index is 0.836. The summed E-state index contributed by atoms with van der Waals surface area (Å²) in [5.41, 5.74) is 4.77. The normalized spacial score (nSPS) is 16.5. The molecule has 1 saturated carbocycles. The summed E-state index contributed by atoms with van der Waals surface area (Å²) < 4.78 is 44.7. The summed E-state index contributed by atoms with van der Waals surface area (Å²) in [6.07, 6.45) is 7.69. The lowest BCUT2D eigenvalue weighted by atomic mass is 10.1. The van der Waals surface area contributed by atoms with E-state index in [2.05, 4.69) is 20.3 Å². The van der Waals surface area contributed by atoms with Crippen LogP contribution in [-0.4, -0.2) is 76.9 Å². The first-order valence-electron chi connectivity index (χ1n) is 19.4. The molecular formula is C40H48N8O8S. The van der Waals surface area contributed by atoms with Gasteiger partial charge in [0.25, 0.3) is 5.56 Å². The van der Waals surface area contributed by atoms with Gasteiger partial charge in [-0.2, -0.15) is 4.98 Å². The standard InChI is InChI=1S/C40H48N8O8S/c1-25-22-36(50)47(28-8-4-5-9-28)37-30(25)24-41-39(45-37)43-31-12-11-29(21-26(31)2)57(53,54)42-16-18-56-20-19-55-17-6-7-27-10-13-32-34(23-27)46(3)40(52)48(32)33-14-15-35(49)44-38(33)51/h10-13,21-24,28,33,42H,4-9,14-20H2,1-3H3,(H,41,43,45)(H,44,49,51). The maximum Gasteiger partial charge on any atom is 0.329 e. The van der Waals surface area contributed by atoms with Crippen molar-refractivity contribution in [1.29, 1.82) is 0 Å². The number of rotatable bonds is 16. The van der Waals surface area contributed by atoms with E-state index in [1.807, 2.05) is 25.1 Å². The molecule has 2 aliphatic rings. The molecule has 5 aromatic rings. The van der Waals surface area contributed by atoms with Crippen molar-refractivity contribution in [3.05, 3.63) is 86.2 Å². The third-order valence-corrected chi connectivity index (χ3v) is 12.2. The van der Waals surface area contributed by atoms with E-state index in [1.165, 1.54) is 15.2 Å². The number of amides is 2. The molecule has 16 nitrogen and oxygen atoms in total. The Kier molecular flexibility index (Phi) is 12.0. The van der Waals surface area contributed by atoms with E-state index in [0.717, 1.165) is 48.6 Å². The molecule has 3 N–H and O–H groups in total. The molecule has 7 rings (SSSR count). The van der Waals surface area contributed by atoms with Gasteiger partial charge in [0.1, 0.15) is 11.7 Å². The fraction of sp³-hybridized carbons (Fsp3) is 0.450. The summed E-state index contributed by atoms with van der Waals surface area (Å²) in [5, 5.41) is 6.35. The van der Waals surface area contributed by atoms with Gasteiger partial charge in [0.2, 0.25) is 27.8 Å². The van der Waals surface area contributed by atoms with Crippen LogP contribution in [0.2, 0.25) is 0 Å². The molecule has 2 aromatic carbocycles. The largest absolute Gasteiger partial charge is 0.379 e. The quantitative estimate of drug-likeness (QED) is 0.0969. The molecular weight excluding hydrogens is 753 g/mol. The average Bonchev–Trinajstić information content (AvgIpc) is 3.79. The van der Waals surface area contributed by atoms with Crippen molar-refractivity contribution in [2.45, 2.75) is 82.2 Å². The van der Waals surface area contributed by atoms with Crippen LogP contribution in [0.4, 0.5) is 11.6 Å². The van der Waals surface area contributed by atoms with Gasteiger partial charge in [-0.05, 0) is 93.0 Å². The number of nitrogens with one attached hydrogen (secondary N) is 3. The van der Waals surface area contributed by atoms with E-state index < -0.39 is 22.0 Å². The van der Waals surface area contributed by atoms with Crippen LogP contribution >= 0.6 is 0 Å². The maximum absolute atomic E-state index is 13.0. The van der Waals surface area contributed by atoms with Crippen LogP contribution in [0.3, 0.4) is 0 Å². The highest BCUT2D eigenvalue weighted by atomic mass is 32.2. The van der Waals surface area contributed by atoms with Crippen LogP contribution in [-0.2, 0) is 42.6 Å². The minimum absolute atomic E-state index is 0.0632. The van der Waals surface area contributed by atoms with E-state index in [0.29, 0.717) is 60.1 Å². The summed E-state index contributed by atoms with van der Waals surface area (Å²) in [6.45, 7) is 5.08. The first-order chi connectivity index (χ1) is 27.4. The van der Waals surface area contributed by atoms with E-state index in [1.54, 1.807) is 42.9 Å². The minimum Gasteiger partial charge on any atom is -0.379 e. The number of carbonyl (C=O) groups is 2. The van der Waals surface area contributed by atoms with Gasteiger partial charge in [0.15, 0.2) is 0 Å². The molecule has 1 aliphatic heterocycles. The van der Waals surface area contributed by atoms with Crippen LogP contribution in [0.1, 0.15) is 73.7 Å². The van der Waals surface area contributed by atoms with Gasteiger partial charge < -0.3 is 14.8 Å². The van der Waals surface area contributed by atoms with Gasteiger partial charge in [-0.15, -0.1) is 0 Å². The Morgan fingerprint density at radius 1 is 0.877 bits per heavy atom. The number of aromatic nitrogens is 5. The molecule has 1 unspecified atom stereocenters. The number of piperidine rings is 1. The SMILES string of the molecule is Cc1cc(S(=O)(=O)NCCOCCOCCCc2ccc3c(c2)n(C)c(=O)n3C2CCC(=O)NC2=O)ccc1Nc1ncc2c(C)cc(=O)n(C3CCCC3)c2n1. The number of fused-ring (bicyclic) bond motifs is 2. The predicted molar refractivity (Wildman–Crippen MR) is 214 cm³/mol. The summed E-state index contributed by atoms with van der Waals surface area (Å²) in [4.78, 5) is 59.4. The smallest absolute Gasteiger partial charge is 0.329 e. The number of benzene rings is 2. The van der Waals surface area contributed by atoms with Crippen molar-refractivity contribution in [2.75, 3.05) is 38.3 Å². The Labute approximate surface area is 329 Å². The van der Waals surface area contributed by atoms with E-state index in [4.69, 9.17) is 14.5 Å². The number of ether oxygens (including phenoxy) is 2. The molecule has 3 aromatic heterocycles. The van der Waals surface area contributed by atoms with Crippen LogP contribution in [0.25, 0.3) is 22.1 Å². The second kappa shape index (κ2) is 17.1. The Hall–Kier alpha value is -5.23. The summed E-state index contributed by atoms with van der Waals surface area (Å²) >= 11 is 0. The number of anilines is 2. The average molecular weight is 801 g/mol. The summed E-state index contributed by atoms with van der Waals surface area (Å²) in [7, 11) is -2.12. The predicted octanol–water partition coefficient (Wildman–Crippen LogP) is 3.84. The molecule has 2 amide bonds. The number of nitrogens with zero attached hydrogens (tertiary/aromatic N) is 5. The van der Waals surface area contributed by atoms with Crippen molar-refractivity contribution in [1.82, 2.24) is 33.7 Å². The Morgan fingerprint density at radius 2 is 1.65 bits per heavy atom. The van der Waals surface area contributed by atoms with Gasteiger partial charge in [-0.1, -0.05) is 18.9 Å². The highest BCUT2D eigenvalue weighted by Crippen LogP contribution is 2.31. The van der Waals surface area contributed by atoms with Crippen molar-refractivity contribution in [2.24, 2.45) is 7.05 Å². The molecule has 0 bridgehead atoms. The number of aryl methyl sites for hydroxylation is 4. The van der Waals surface area contributed by atoms with Crippen LogP contribution < -0.4 is 26.6 Å². The lowest BCUT2D eigenvalue weighted by Crippen LogP contribution is -2.44. The van der Waals surface area contributed by atoms with E-state index in [-0.39, 0.29) is 54.1 Å². The zero-order valence-corrected chi connectivity index (χ0v) is 33.2. The van der Waals surface area contributed by atoms with Crippen LogP contribution in [0, 0.1) is 13.8 Å². The topological polar surface area (TPSA) is 198 Å². The number of imide groups is 1. The van der Waals surface area contributed by atoms with E-state index >= 15 is 0 Å². The highest BCUT2D eigenvalue weighted by molar-refractivity contribution is 7.89. The number of imidazole rings is 1. The number of pyridine rings is 1. The molecule has 2 fully saturated rings. The zero-order chi connectivity index (χ0) is 40.3. The van der Waals surface area contributed by atoms with Crippen molar-refractivity contribution < 1.29 is 27.5 Å². The minimum atomic E-state index is -3.79. The molecule has 0 spiro atoms. The second-order valence-corrected chi connectivity index (χ2v) is 16.5. The zero-order valence-electron chi connectivity index (χ0n) is 32.4. The third-order valence-electron chi connectivity index (χ3n) is 10.8. The van der Waals surface area contributed by atoms with Gasteiger partial charge in [-0.3, -0.25) is 33.4 Å². The molecule has 4 heterocycles. The fourth-order valence-electron chi connectivity index (χ4n) is 7.74. The van der Waals surface area contributed by atoms with Gasteiger partial charge >= 0.3 is 5.69 Å². The Morgan fingerprint density at radius 3 is 2.40 bits per heavy atom. The third kappa shape index (κ3) is 8.71. The van der Waals surface area contributed by atoms with Crippen molar-refractivity contribution >= 4 is 55.5 Å². The van der Waals surface area contributed by atoms with E-state index in [9.17, 15) is 27.6 Å². The molecule has 1 atom stereocenters. The number of hydrogen-bond donors (Lipinski definition) is 3. The molecule has 17 heteroatoms. The van der Waals surface area contributed by atoms with Gasteiger partial charge in [0.05, 0.1) is 35.7 Å². The van der Waals surface area contributed by atoms with Crippen molar-refractivity contribution in [3.63, 3.8) is 0 Å². The van der Waals surface area contributed by atoms with Crippen LogP contribution in [0.5, 0.6) is 0 Å². The molecule has 0 radical (unpaired) electrons. The van der Waals surface area contributed by atoms with Crippen LogP contribution in [0.15, 0.2) is 63.1 Å². The first kappa shape index (κ1) is 40.0. The molecule has 1 saturated heterocycles. The lowest BCUT2D eigenvalue weighted by molar-refractivity contribution is -0.135. The number of hydrogen-bond acceptors (Lipinski definition) is 11. The molecule has 1 aliphatic carbocycles. The summed E-state index contributed by atoms with van der Waals surface area (Å²) in [5.74, 6) is -0.466.